The van der Waals surface area contributed by atoms with Gasteiger partial charge in [-0.15, -0.1) is 0 Å². The molecule has 6 rings (SSSR count). The number of aliphatic imine (C=N–C) groups is 1. The summed E-state index contributed by atoms with van der Waals surface area (Å²) in [6.45, 7) is -0.0149. The minimum Gasteiger partial charge on any atom is -0.493 e. The first-order valence-electron chi connectivity index (χ1n) is 12.2. The largest absolute Gasteiger partial charge is 0.493 e. The number of para-hydroxylation sites is 2. The van der Waals surface area contributed by atoms with Gasteiger partial charge in [-0.05, 0) is 48.2 Å². The smallest absolute Gasteiger partial charge is 0.278 e. The zero-order valence-corrected chi connectivity index (χ0v) is 20.8. The molecule has 0 bridgehead atoms. The summed E-state index contributed by atoms with van der Waals surface area (Å²) in [6.07, 6.45) is 0.767. The van der Waals surface area contributed by atoms with E-state index in [-0.39, 0.29) is 30.6 Å². The Labute approximate surface area is 218 Å². The first kappa shape index (κ1) is 23.8. The van der Waals surface area contributed by atoms with E-state index >= 15 is 0 Å². The second kappa shape index (κ2) is 9.37. The molecule has 3 aromatic rings. The number of fused-ring (bicyclic) bond motifs is 3. The molecule has 194 valence electrons. The minimum absolute atomic E-state index is 0.0149. The summed E-state index contributed by atoms with van der Waals surface area (Å²) in [4.78, 5) is 30.5. The van der Waals surface area contributed by atoms with Gasteiger partial charge in [-0.25, -0.2) is 0 Å². The number of benzene rings is 3. The standard InChI is InChI=1S/C28H25N3O7/c1-35-23-8-7-15(11-24(23)36-2)16-9-20-27(22(32)10-16)28(30-19-6-4-3-5-18(19)29-20)17-12-25-26(38-14-37-25)13-21(17)31(33)34/h3-8,11-13,16,27-28,30H,9-10,14H2,1-2H3. The van der Waals surface area contributed by atoms with Crippen LogP contribution in [0.4, 0.5) is 17.1 Å². The minimum atomic E-state index is -0.717. The van der Waals surface area contributed by atoms with Crippen LogP contribution in [0.1, 0.15) is 35.9 Å². The lowest BCUT2D eigenvalue weighted by Crippen LogP contribution is -2.39. The lowest BCUT2D eigenvalue weighted by molar-refractivity contribution is -0.385. The van der Waals surface area contributed by atoms with Crippen molar-refractivity contribution in [1.29, 1.82) is 0 Å². The van der Waals surface area contributed by atoms with Crippen LogP contribution in [0, 0.1) is 16.0 Å². The Morgan fingerprint density at radius 1 is 1.00 bits per heavy atom. The molecule has 2 aliphatic heterocycles. The van der Waals surface area contributed by atoms with Crippen LogP contribution in [0.5, 0.6) is 23.0 Å². The van der Waals surface area contributed by atoms with Gasteiger partial charge in [-0.3, -0.25) is 19.9 Å². The fourth-order valence-corrected chi connectivity index (χ4v) is 5.55. The van der Waals surface area contributed by atoms with Gasteiger partial charge >= 0.3 is 0 Å². The third-order valence-electron chi connectivity index (χ3n) is 7.35. The van der Waals surface area contributed by atoms with Gasteiger partial charge in [0.15, 0.2) is 23.0 Å². The number of carbonyl (C=O) groups is 1. The Kier molecular flexibility index (Phi) is 5.86. The summed E-state index contributed by atoms with van der Waals surface area (Å²) in [5.41, 5.74) is 3.21. The summed E-state index contributed by atoms with van der Waals surface area (Å²) in [5.74, 6) is 1.04. The average molecular weight is 516 g/mol. The number of methoxy groups -OCH3 is 2. The summed E-state index contributed by atoms with van der Waals surface area (Å²) >= 11 is 0. The van der Waals surface area contributed by atoms with E-state index in [0.717, 1.165) is 5.56 Å². The van der Waals surface area contributed by atoms with Crippen LogP contribution in [-0.4, -0.2) is 37.4 Å². The van der Waals surface area contributed by atoms with E-state index in [1.54, 1.807) is 20.3 Å². The van der Waals surface area contributed by atoms with Crippen molar-refractivity contribution >= 4 is 28.6 Å². The highest BCUT2D eigenvalue weighted by Gasteiger charge is 2.44. The van der Waals surface area contributed by atoms with Crippen molar-refractivity contribution in [2.24, 2.45) is 10.9 Å². The van der Waals surface area contributed by atoms with Crippen LogP contribution in [0.2, 0.25) is 0 Å². The fraction of sp³-hybridized carbons (Fsp3) is 0.286. The number of rotatable bonds is 5. The maximum absolute atomic E-state index is 13.9. The zero-order valence-electron chi connectivity index (χ0n) is 20.8. The number of nitrogens with zero attached hydrogens (tertiary/aromatic N) is 2. The summed E-state index contributed by atoms with van der Waals surface area (Å²) < 4.78 is 21.8. The molecule has 10 heteroatoms. The normalized spacial score (nSPS) is 21.4. The highest BCUT2D eigenvalue weighted by Crippen LogP contribution is 2.48. The number of hydrogen-bond acceptors (Lipinski definition) is 9. The molecule has 3 aromatic carbocycles. The summed E-state index contributed by atoms with van der Waals surface area (Å²) in [7, 11) is 3.15. The number of nitro benzene ring substituents is 1. The molecular formula is C28H25N3O7. The molecular weight excluding hydrogens is 490 g/mol. The molecule has 1 aliphatic carbocycles. The predicted molar refractivity (Wildman–Crippen MR) is 139 cm³/mol. The fourth-order valence-electron chi connectivity index (χ4n) is 5.55. The maximum atomic E-state index is 13.9. The monoisotopic (exact) mass is 515 g/mol. The van der Waals surface area contributed by atoms with Gasteiger partial charge in [0.2, 0.25) is 6.79 Å². The number of nitro groups is 1. The van der Waals surface area contributed by atoms with E-state index in [2.05, 4.69) is 5.32 Å². The predicted octanol–water partition coefficient (Wildman–Crippen LogP) is 5.34. The van der Waals surface area contributed by atoms with Crippen molar-refractivity contribution in [3.8, 4) is 23.0 Å². The number of ketones is 1. The van der Waals surface area contributed by atoms with Gasteiger partial charge in [-0.1, -0.05) is 18.2 Å². The van der Waals surface area contributed by atoms with Gasteiger partial charge in [0, 0.05) is 12.1 Å². The second-order valence-corrected chi connectivity index (χ2v) is 9.43. The van der Waals surface area contributed by atoms with Gasteiger partial charge in [0.1, 0.15) is 5.78 Å². The van der Waals surface area contributed by atoms with Gasteiger partial charge in [0.25, 0.3) is 5.69 Å². The van der Waals surface area contributed by atoms with E-state index in [1.807, 2.05) is 42.5 Å². The molecule has 0 saturated heterocycles. The van der Waals surface area contributed by atoms with E-state index in [9.17, 15) is 14.9 Å². The molecule has 1 fully saturated rings. The third kappa shape index (κ3) is 3.98. The molecule has 3 aliphatic rings. The van der Waals surface area contributed by atoms with Crippen molar-refractivity contribution in [2.45, 2.75) is 24.8 Å². The number of Topliss-reactive ketones (excluding diaryl/α,β-unsaturated/α-hetero) is 1. The van der Waals surface area contributed by atoms with Crippen molar-refractivity contribution in [2.75, 3.05) is 26.3 Å². The second-order valence-electron chi connectivity index (χ2n) is 9.43. The highest BCUT2D eigenvalue weighted by atomic mass is 16.7. The van der Waals surface area contributed by atoms with E-state index < -0.39 is 16.9 Å². The molecule has 10 nitrogen and oxygen atoms in total. The quantitative estimate of drug-likeness (QED) is 0.357. The molecule has 0 radical (unpaired) electrons. The average Bonchev–Trinajstić information content (AvgIpc) is 3.32. The highest BCUT2D eigenvalue weighted by molar-refractivity contribution is 6.11. The number of carbonyl (C=O) groups excluding carboxylic acids is 1. The van der Waals surface area contributed by atoms with Gasteiger partial charge in [-0.2, -0.15) is 0 Å². The lowest BCUT2D eigenvalue weighted by atomic mass is 9.72. The number of ether oxygens (including phenoxy) is 4. The van der Waals surface area contributed by atoms with Crippen molar-refractivity contribution < 1.29 is 28.7 Å². The number of nitrogens with one attached hydrogen (secondary N) is 1. The molecule has 0 spiro atoms. The SMILES string of the molecule is COc1ccc(C2CC(=O)C3C(=Nc4ccccc4NC3c3cc4c(cc3[N+](=O)[O-])OCO4)C2)cc1OC. The van der Waals surface area contributed by atoms with E-state index in [4.69, 9.17) is 23.9 Å². The lowest BCUT2D eigenvalue weighted by Gasteiger charge is -2.34. The Balaban J connectivity index is 1.45. The van der Waals surface area contributed by atoms with Crippen LogP contribution in [0.15, 0.2) is 59.6 Å². The maximum Gasteiger partial charge on any atom is 0.278 e. The topological polar surface area (TPSA) is 122 Å². The van der Waals surface area contributed by atoms with Crippen LogP contribution in [-0.2, 0) is 4.79 Å². The van der Waals surface area contributed by atoms with Crippen LogP contribution >= 0.6 is 0 Å². The Hall–Kier alpha value is -4.60. The molecule has 1 saturated carbocycles. The van der Waals surface area contributed by atoms with Gasteiger partial charge in [0.05, 0.1) is 54.1 Å². The first-order valence-corrected chi connectivity index (χ1v) is 12.2. The van der Waals surface area contributed by atoms with Crippen LogP contribution in [0.3, 0.4) is 0 Å². The van der Waals surface area contributed by atoms with E-state index in [0.29, 0.717) is 52.1 Å². The van der Waals surface area contributed by atoms with E-state index in [1.165, 1.54) is 6.07 Å². The van der Waals surface area contributed by atoms with Crippen molar-refractivity contribution in [1.82, 2.24) is 0 Å². The Morgan fingerprint density at radius 2 is 1.76 bits per heavy atom. The third-order valence-corrected chi connectivity index (χ3v) is 7.35. The number of anilines is 1. The molecule has 0 amide bonds. The number of hydrogen-bond donors (Lipinski definition) is 1. The van der Waals surface area contributed by atoms with Crippen LogP contribution < -0.4 is 24.3 Å². The Bertz CT molecular complexity index is 1490. The Morgan fingerprint density at radius 3 is 2.53 bits per heavy atom. The molecule has 3 unspecified atom stereocenters. The van der Waals surface area contributed by atoms with Crippen molar-refractivity contribution in [3.63, 3.8) is 0 Å². The molecule has 2 heterocycles. The summed E-state index contributed by atoms with van der Waals surface area (Å²) in [5, 5.41) is 15.5. The van der Waals surface area contributed by atoms with Crippen LogP contribution in [0.25, 0.3) is 0 Å². The van der Waals surface area contributed by atoms with Gasteiger partial charge < -0.3 is 24.3 Å². The summed E-state index contributed by atoms with van der Waals surface area (Å²) in [6, 6.07) is 15.4. The molecule has 3 atom stereocenters. The zero-order chi connectivity index (χ0) is 26.4. The molecule has 0 aromatic heterocycles. The molecule has 38 heavy (non-hydrogen) atoms. The molecule has 1 N–H and O–H groups in total. The first-order chi connectivity index (χ1) is 18.5. The van der Waals surface area contributed by atoms with Crippen molar-refractivity contribution in [3.05, 3.63) is 75.8 Å².